The van der Waals surface area contributed by atoms with E-state index in [1.165, 1.54) is 0 Å². The molecule has 0 aromatic carbocycles. The highest BCUT2D eigenvalue weighted by atomic mass is 32.1. The van der Waals surface area contributed by atoms with E-state index in [4.69, 9.17) is 0 Å². The molecule has 3 aromatic heterocycles. The van der Waals surface area contributed by atoms with Gasteiger partial charge in [-0.15, -0.1) is 11.3 Å². The van der Waals surface area contributed by atoms with Crippen LogP contribution in [-0.2, 0) is 11.8 Å². The second-order valence-electron chi connectivity index (χ2n) is 7.63. The predicted octanol–water partition coefficient (Wildman–Crippen LogP) is 3.28. The number of hydrogen-bond acceptors (Lipinski definition) is 7. The van der Waals surface area contributed by atoms with Gasteiger partial charge < -0.3 is 10.2 Å². The summed E-state index contributed by atoms with van der Waals surface area (Å²) in [5, 5.41) is 10.4. The number of rotatable bonds is 5. The number of carbonyl (C=O) groups is 1. The van der Waals surface area contributed by atoms with E-state index in [1.54, 1.807) is 17.4 Å². The number of aromatic nitrogens is 5. The number of anilines is 2. The monoisotopic (exact) mass is 423 g/mol. The van der Waals surface area contributed by atoms with Crippen LogP contribution in [0.15, 0.2) is 17.5 Å². The van der Waals surface area contributed by atoms with Gasteiger partial charge in [-0.3, -0.25) is 9.48 Å². The first-order valence-corrected chi connectivity index (χ1v) is 10.7. The number of amides is 1. The molecule has 0 unspecified atom stereocenters. The van der Waals surface area contributed by atoms with Crippen molar-refractivity contribution in [2.24, 2.45) is 7.05 Å². The van der Waals surface area contributed by atoms with E-state index in [2.05, 4.69) is 25.4 Å². The highest BCUT2D eigenvalue weighted by Gasteiger charge is 2.32. The summed E-state index contributed by atoms with van der Waals surface area (Å²) in [4.78, 5) is 27.8. The number of aryl methyl sites for hydroxylation is 4. The molecule has 0 saturated carbocycles. The zero-order chi connectivity index (χ0) is 21.4. The lowest BCUT2D eigenvalue weighted by Crippen LogP contribution is -2.48. The summed E-state index contributed by atoms with van der Waals surface area (Å²) < 4.78 is 1.83. The van der Waals surface area contributed by atoms with Crippen molar-refractivity contribution in [2.45, 2.75) is 33.6 Å². The van der Waals surface area contributed by atoms with Gasteiger partial charge in [-0.05, 0) is 33.8 Å². The van der Waals surface area contributed by atoms with Crippen molar-refractivity contribution in [3.8, 4) is 0 Å². The van der Waals surface area contributed by atoms with E-state index in [9.17, 15) is 4.79 Å². The van der Waals surface area contributed by atoms with Gasteiger partial charge in [0.2, 0.25) is 5.91 Å². The van der Waals surface area contributed by atoms with E-state index < -0.39 is 0 Å². The maximum Gasteiger partial charge on any atom is 0.246 e. The van der Waals surface area contributed by atoms with E-state index in [-0.39, 0.29) is 11.8 Å². The maximum absolute atomic E-state index is 12.5. The SMILES string of the molecule is Cc1csc(Nc2cc(C3CN(C(=O)C=Cc4c(C)nn(C)c4C)C3)nc(C)n2)n1. The van der Waals surface area contributed by atoms with Crippen LogP contribution in [-0.4, -0.2) is 48.6 Å². The van der Waals surface area contributed by atoms with Crippen LogP contribution in [0.3, 0.4) is 0 Å². The zero-order valence-corrected chi connectivity index (χ0v) is 18.6. The van der Waals surface area contributed by atoms with Crippen LogP contribution in [0.1, 0.15) is 40.1 Å². The summed E-state index contributed by atoms with van der Waals surface area (Å²) in [6, 6.07) is 1.95. The number of nitrogens with zero attached hydrogens (tertiary/aromatic N) is 6. The van der Waals surface area contributed by atoms with E-state index in [1.807, 2.05) is 61.8 Å². The summed E-state index contributed by atoms with van der Waals surface area (Å²) in [5.74, 6) is 1.66. The Bertz CT molecular complexity index is 1120. The van der Waals surface area contributed by atoms with E-state index in [0.29, 0.717) is 18.9 Å². The van der Waals surface area contributed by atoms with E-state index in [0.717, 1.165) is 39.3 Å². The molecule has 4 rings (SSSR count). The molecule has 1 saturated heterocycles. The van der Waals surface area contributed by atoms with Crippen molar-refractivity contribution in [3.63, 3.8) is 0 Å². The van der Waals surface area contributed by atoms with Crippen molar-refractivity contribution >= 4 is 34.3 Å². The van der Waals surface area contributed by atoms with Gasteiger partial charge in [-0.1, -0.05) is 0 Å². The topological polar surface area (TPSA) is 88.8 Å². The highest BCUT2D eigenvalue weighted by molar-refractivity contribution is 7.13. The first-order valence-electron chi connectivity index (χ1n) is 9.82. The highest BCUT2D eigenvalue weighted by Crippen LogP contribution is 2.28. The molecule has 1 aliphatic heterocycles. The molecule has 0 radical (unpaired) electrons. The average molecular weight is 424 g/mol. The summed E-state index contributed by atoms with van der Waals surface area (Å²) in [5.41, 5.74) is 4.90. The van der Waals surface area contributed by atoms with Crippen LogP contribution in [0.4, 0.5) is 10.9 Å². The third-order valence-corrected chi connectivity index (χ3v) is 6.16. The molecular formula is C21H25N7OS. The molecule has 0 atom stereocenters. The third kappa shape index (κ3) is 4.11. The molecule has 9 heteroatoms. The molecule has 8 nitrogen and oxygen atoms in total. The average Bonchev–Trinajstić information content (AvgIpc) is 3.14. The number of likely N-dealkylation sites (tertiary alicyclic amines) is 1. The maximum atomic E-state index is 12.5. The molecule has 30 heavy (non-hydrogen) atoms. The lowest BCUT2D eigenvalue weighted by molar-refractivity contribution is -0.130. The molecule has 1 fully saturated rings. The Balaban J connectivity index is 1.40. The third-order valence-electron chi connectivity index (χ3n) is 5.28. The molecular weight excluding hydrogens is 398 g/mol. The van der Waals surface area contributed by atoms with Gasteiger partial charge in [0.25, 0.3) is 0 Å². The van der Waals surface area contributed by atoms with Crippen molar-refractivity contribution in [1.82, 2.24) is 29.6 Å². The molecule has 0 bridgehead atoms. The van der Waals surface area contributed by atoms with E-state index >= 15 is 0 Å². The van der Waals surface area contributed by atoms with Crippen molar-refractivity contribution < 1.29 is 4.79 Å². The fourth-order valence-electron chi connectivity index (χ4n) is 3.52. The standard InChI is InChI=1S/C21H25N7OS/c1-12-11-30-21(22-12)25-19-8-18(23-15(4)24-19)16-9-28(10-16)20(29)7-6-17-13(2)26-27(5)14(17)3/h6-8,11,16H,9-10H2,1-5H3,(H,22,23,24,25). The summed E-state index contributed by atoms with van der Waals surface area (Å²) >= 11 is 1.55. The van der Waals surface area contributed by atoms with Crippen molar-refractivity contribution in [3.05, 3.63) is 51.7 Å². The van der Waals surface area contributed by atoms with Gasteiger partial charge in [0.15, 0.2) is 5.13 Å². The van der Waals surface area contributed by atoms with Gasteiger partial charge in [0, 0.05) is 54.8 Å². The Morgan fingerprint density at radius 2 is 1.97 bits per heavy atom. The van der Waals surface area contributed by atoms with Crippen molar-refractivity contribution in [1.29, 1.82) is 0 Å². The van der Waals surface area contributed by atoms with Crippen LogP contribution in [0.2, 0.25) is 0 Å². The molecule has 1 amide bonds. The molecule has 4 heterocycles. The fraction of sp³-hybridized carbons (Fsp3) is 0.381. The number of carbonyl (C=O) groups excluding carboxylic acids is 1. The molecule has 0 spiro atoms. The number of thiazole rings is 1. The van der Waals surface area contributed by atoms with Crippen LogP contribution in [0.25, 0.3) is 6.08 Å². The lowest BCUT2D eigenvalue weighted by Gasteiger charge is -2.38. The Morgan fingerprint density at radius 1 is 1.20 bits per heavy atom. The Kier molecular flexibility index (Phi) is 5.38. The Labute approximate surface area is 179 Å². The van der Waals surface area contributed by atoms with Gasteiger partial charge >= 0.3 is 0 Å². The second kappa shape index (κ2) is 7.98. The minimum Gasteiger partial charge on any atom is -0.338 e. The minimum atomic E-state index is 0.0105. The number of hydrogen-bond donors (Lipinski definition) is 1. The smallest absolute Gasteiger partial charge is 0.246 e. The zero-order valence-electron chi connectivity index (χ0n) is 17.8. The Hall–Kier alpha value is -3.07. The lowest BCUT2D eigenvalue weighted by atomic mass is 9.95. The molecule has 3 aromatic rings. The quantitative estimate of drug-likeness (QED) is 0.634. The normalized spacial score (nSPS) is 14.4. The minimum absolute atomic E-state index is 0.0105. The van der Waals surface area contributed by atoms with Crippen molar-refractivity contribution in [2.75, 3.05) is 18.4 Å². The first-order chi connectivity index (χ1) is 14.3. The molecule has 1 N–H and O–H groups in total. The van der Waals surface area contributed by atoms with Gasteiger partial charge in [-0.2, -0.15) is 5.10 Å². The summed E-state index contributed by atoms with van der Waals surface area (Å²) in [7, 11) is 1.91. The van der Waals surface area contributed by atoms with Gasteiger partial charge in [0.05, 0.1) is 17.1 Å². The largest absolute Gasteiger partial charge is 0.338 e. The van der Waals surface area contributed by atoms with Gasteiger partial charge in [0.1, 0.15) is 11.6 Å². The molecule has 1 aliphatic rings. The predicted molar refractivity (Wildman–Crippen MR) is 118 cm³/mol. The molecule has 156 valence electrons. The van der Waals surface area contributed by atoms with Crippen LogP contribution < -0.4 is 5.32 Å². The first kappa shape index (κ1) is 20.2. The summed E-state index contributed by atoms with van der Waals surface area (Å²) in [6.45, 7) is 9.10. The van der Waals surface area contributed by atoms with Gasteiger partial charge in [-0.25, -0.2) is 15.0 Å². The second-order valence-corrected chi connectivity index (χ2v) is 8.48. The summed E-state index contributed by atoms with van der Waals surface area (Å²) in [6.07, 6.45) is 3.50. The van der Waals surface area contributed by atoms with Crippen LogP contribution in [0.5, 0.6) is 0 Å². The number of nitrogens with one attached hydrogen (secondary N) is 1. The molecule has 0 aliphatic carbocycles. The fourth-order valence-corrected chi connectivity index (χ4v) is 4.22. The van der Waals surface area contributed by atoms with Crippen LogP contribution >= 0.6 is 11.3 Å². The Morgan fingerprint density at radius 3 is 2.60 bits per heavy atom. The van der Waals surface area contributed by atoms with Crippen LogP contribution in [0, 0.1) is 27.7 Å².